The zero-order valence-corrected chi connectivity index (χ0v) is 13.4. The van der Waals surface area contributed by atoms with Crippen molar-refractivity contribution in [3.05, 3.63) is 52.7 Å². The van der Waals surface area contributed by atoms with E-state index < -0.39 is 0 Å². The normalized spacial score (nSPS) is 10.5. The predicted octanol–water partition coefficient (Wildman–Crippen LogP) is 5.02. The van der Waals surface area contributed by atoms with Crippen LogP contribution < -0.4 is 4.90 Å². The zero-order valence-electron chi connectivity index (χ0n) is 12.6. The SMILES string of the molecule is CCCCN(CCCC(=O)c1cccs1)c1ccccc1. The van der Waals surface area contributed by atoms with Crippen LogP contribution in [0.1, 0.15) is 42.3 Å². The van der Waals surface area contributed by atoms with Gasteiger partial charge in [-0.25, -0.2) is 0 Å². The average Bonchev–Trinajstić information content (AvgIpc) is 3.06. The summed E-state index contributed by atoms with van der Waals surface area (Å²) in [6.07, 6.45) is 3.93. The molecule has 112 valence electrons. The van der Waals surface area contributed by atoms with Crippen molar-refractivity contribution in [2.24, 2.45) is 0 Å². The first kappa shape index (κ1) is 15.8. The quantitative estimate of drug-likeness (QED) is 0.606. The Balaban J connectivity index is 1.86. The first-order valence-corrected chi connectivity index (χ1v) is 8.56. The maximum atomic E-state index is 12.0. The van der Waals surface area contributed by atoms with E-state index >= 15 is 0 Å². The minimum Gasteiger partial charge on any atom is -0.372 e. The number of Topliss-reactive ketones (excluding diaryl/α,β-unsaturated/α-hetero) is 1. The van der Waals surface area contributed by atoms with Crippen LogP contribution in [-0.2, 0) is 0 Å². The van der Waals surface area contributed by atoms with Crippen molar-refractivity contribution in [1.29, 1.82) is 0 Å². The number of carbonyl (C=O) groups is 1. The lowest BCUT2D eigenvalue weighted by Gasteiger charge is -2.24. The third-order valence-electron chi connectivity index (χ3n) is 3.53. The Morgan fingerprint density at radius 2 is 1.81 bits per heavy atom. The molecule has 0 N–H and O–H groups in total. The Labute approximate surface area is 131 Å². The number of hydrogen-bond acceptors (Lipinski definition) is 3. The van der Waals surface area contributed by atoms with Crippen LogP contribution in [0.5, 0.6) is 0 Å². The minimum absolute atomic E-state index is 0.272. The van der Waals surface area contributed by atoms with Gasteiger partial charge in [-0.2, -0.15) is 0 Å². The lowest BCUT2D eigenvalue weighted by Crippen LogP contribution is -2.26. The Morgan fingerprint density at radius 3 is 2.48 bits per heavy atom. The molecule has 2 rings (SSSR count). The van der Waals surface area contributed by atoms with Crippen LogP contribution in [-0.4, -0.2) is 18.9 Å². The van der Waals surface area contributed by atoms with E-state index in [1.807, 2.05) is 23.6 Å². The molecule has 0 radical (unpaired) electrons. The molecule has 1 aromatic carbocycles. The molecular weight excluding hydrogens is 278 g/mol. The van der Waals surface area contributed by atoms with E-state index in [-0.39, 0.29) is 5.78 Å². The van der Waals surface area contributed by atoms with E-state index in [0.717, 1.165) is 24.4 Å². The fourth-order valence-corrected chi connectivity index (χ4v) is 3.04. The minimum atomic E-state index is 0.272. The molecule has 0 aliphatic carbocycles. The molecule has 0 atom stereocenters. The highest BCUT2D eigenvalue weighted by Gasteiger charge is 2.09. The maximum Gasteiger partial charge on any atom is 0.172 e. The molecule has 0 aliphatic heterocycles. The lowest BCUT2D eigenvalue weighted by atomic mass is 10.1. The summed E-state index contributed by atoms with van der Waals surface area (Å²) in [6, 6.07) is 14.3. The number of benzene rings is 1. The summed E-state index contributed by atoms with van der Waals surface area (Å²) < 4.78 is 0. The van der Waals surface area contributed by atoms with Crippen LogP contribution in [0.4, 0.5) is 5.69 Å². The second-order valence-corrected chi connectivity index (χ2v) is 6.13. The molecule has 0 saturated heterocycles. The van der Waals surface area contributed by atoms with Crippen molar-refractivity contribution in [1.82, 2.24) is 0 Å². The van der Waals surface area contributed by atoms with Crippen LogP contribution in [0.3, 0.4) is 0 Å². The van der Waals surface area contributed by atoms with Crippen molar-refractivity contribution >= 4 is 22.8 Å². The van der Waals surface area contributed by atoms with Crippen molar-refractivity contribution < 1.29 is 4.79 Å². The second-order valence-electron chi connectivity index (χ2n) is 5.18. The smallest absolute Gasteiger partial charge is 0.172 e. The van der Waals surface area contributed by atoms with Gasteiger partial charge in [0, 0.05) is 25.2 Å². The number of nitrogens with zero attached hydrogens (tertiary/aromatic N) is 1. The van der Waals surface area contributed by atoms with E-state index in [0.29, 0.717) is 6.42 Å². The van der Waals surface area contributed by atoms with E-state index in [9.17, 15) is 4.79 Å². The molecule has 21 heavy (non-hydrogen) atoms. The Morgan fingerprint density at radius 1 is 1.05 bits per heavy atom. The molecule has 1 heterocycles. The number of carbonyl (C=O) groups excluding carboxylic acids is 1. The first-order chi connectivity index (χ1) is 10.3. The summed E-state index contributed by atoms with van der Waals surface area (Å²) in [5.41, 5.74) is 1.26. The molecular formula is C18H23NOS. The van der Waals surface area contributed by atoms with Gasteiger partial charge in [-0.3, -0.25) is 4.79 Å². The molecule has 0 unspecified atom stereocenters. The number of rotatable bonds is 9. The molecule has 1 aromatic heterocycles. The van der Waals surface area contributed by atoms with Crippen LogP contribution in [0.2, 0.25) is 0 Å². The summed E-state index contributed by atoms with van der Waals surface area (Å²) in [6.45, 7) is 4.22. The summed E-state index contributed by atoms with van der Waals surface area (Å²) in [4.78, 5) is 15.3. The van der Waals surface area contributed by atoms with E-state index in [2.05, 4.69) is 36.1 Å². The van der Waals surface area contributed by atoms with Crippen LogP contribution in [0.15, 0.2) is 47.8 Å². The van der Waals surface area contributed by atoms with Gasteiger partial charge in [0.1, 0.15) is 0 Å². The van der Waals surface area contributed by atoms with Gasteiger partial charge in [0.25, 0.3) is 0 Å². The molecule has 0 fully saturated rings. The van der Waals surface area contributed by atoms with Gasteiger partial charge in [0.15, 0.2) is 5.78 Å². The molecule has 3 heteroatoms. The van der Waals surface area contributed by atoms with Crippen molar-refractivity contribution in [2.45, 2.75) is 32.6 Å². The third kappa shape index (κ3) is 5.01. The Bertz CT molecular complexity index is 521. The molecule has 0 amide bonds. The number of unbranched alkanes of at least 4 members (excludes halogenated alkanes) is 1. The molecule has 2 aromatic rings. The van der Waals surface area contributed by atoms with Crippen molar-refractivity contribution in [3.8, 4) is 0 Å². The van der Waals surface area contributed by atoms with Gasteiger partial charge in [0.2, 0.25) is 0 Å². The van der Waals surface area contributed by atoms with E-state index in [1.165, 1.54) is 29.9 Å². The monoisotopic (exact) mass is 301 g/mol. The molecule has 2 nitrogen and oxygen atoms in total. The highest BCUT2D eigenvalue weighted by atomic mass is 32.1. The standard InChI is InChI=1S/C18H23NOS/c1-2-3-13-19(16-9-5-4-6-10-16)14-7-11-17(20)18-12-8-15-21-18/h4-6,8-10,12,15H,2-3,7,11,13-14H2,1H3. The van der Waals surface area contributed by atoms with Crippen LogP contribution in [0, 0.1) is 0 Å². The van der Waals surface area contributed by atoms with Crippen molar-refractivity contribution in [2.75, 3.05) is 18.0 Å². The number of anilines is 1. The van der Waals surface area contributed by atoms with Gasteiger partial charge in [-0.05, 0) is 36.4 Å². The Hall–Kier alpha value is -1.61. The third-order valence-corrected chi connectivity index (χ3v) is 4.44. The summed E-state index contributed by atoms with van der Waals surface area (Å²) in [5.74, 6) is 0.272. The lowest BCUT2D eigenvalue weighted by molar-refractivity contribution is 0.0984. The maximum absolute atomic E-state index is 12.0. The average molecular weight is 301 g/mol. The molecule has 0 bridgehead atoms. The number of para-hydroxylation sites is 1. The number of hydrogen-bond donors (Lipinski definition) is 0. The van der Waals surface area contributed by atoms with E-state index in [1.54, 1.807) is 0 Å². The predicted molar refractivity (Wildman–Crippen MR) is 91.4 cm³/mol. The molecule has 0 saturated carbocycles. The second kappa shape index (κ2) is 8.63. The molecule has 0 spiro atoms. The fourth-order valence-electron chi connectivity index (χ4n) is 2.35. The van der Waals surface area contributed by atoms with Gasteiger partial charge >= 0.3 is 0 Å². The topological polar surface area (TPSA) is 20.3 Å². The first-order valence-electron chi connectivity index (χ1n) is 7.68. The van der Waals surface area contributed by atoms with Gasteiger partial charge in [0.05, 0.1) is 4.88 Å². The van der Waals surface area contributed by atoms with Crippen LogP contribution >= 0.6 is 11.3 Å². The number of ketones is 1. The van der Waals surface area contributed by atoms with Gasteiger partial charge < -0.3 is 4.90 Å². The van der Waals surface area contributed by atoms with Crippen molar-refractivity contribution in [3.63, 3.8) is 0 Å². The summed E-state index contributed by atoms with van der Waals surface area (Å²) in [7, 11) is 0. The highest BCUT2D eigenvalue weighted by Crippen LogP contribution is 2.17. The summed E-state index contributed by atoms with van der Waals surface area (Å²) in [5, 5.41) is 1.96. The van der Waals surface area contributed by atoms with Crippen LogP contribution in [0.25, 0.3) is 0 Å². The number of thiophene rings is 1. The summed E-state index contributed by atoms with van der Waals surface area (Å²) >= 11 is 1.54. The van der Waals surface area contributed by atoms with E-state index in [4.69, 9.17) is 0 Å². The zero-order chi connectivity index (χ0) is 14.9. The fraction of sp³-hybridized carbons (Fsp3) is 0.389. The molecule has 0 aliphatic rings. The largest absolute Gasteiger partial charge is 0.372 e. The Kier molecular flexibility index (Phi) is 6.48. The highest BCUT2D eigenvalue weighted by molar-refractivity contribution is 7.12. The van der Waals surface area contributed by atoms with Gasteiger partial charge in [-0.15, -0.1) is 11.3 Å². The van der Waals surface area contributed by atoms with Gasteiger partial charge in [-0.1, -0.05) is 37.6 Å².